The zero-order valence-electron chi connectivity index (χ0n) is 11.4. The van der Waals surface area contributed by atoms with Gasteiger partial charge in [0.1, 0.15) is 18.1 Å². The van der Waals surface area contributed by atoms with E-state index < -0.39 is 5.97 Å². The van der Waals surface area contributed by atoms with Crippen molar-refractivity contribution in [2.45, 2.75) is 6.54 Å². The fourth-order valence-corrected chi connectivity index (χ4v) is 1.69. The van der Waals surface area contributed by atoms with Gasteiger partial charge >= 0.3 is 5.97 Å². The fourth-order valence-electron chi connectivity index (χ4n) is 1.69. The first-order valence-electron chi connectivity index (χ1n) is 6.32. The Morgan fingerprint density at radius 1 is 1.29 bits per heavy atom. The summed E-state index contributed by atoms with van der Waals surface area (Å²) in [6.45, 7) is 0.846. The lowest BCUT2D eigenvalue weighted by atomic mass is 10.2. The number of nitrogens with one attached hydrogen (secondary N) is 1. The van der Waals surface area contributed by atoms with Gasteiger partial charge in [0.2, 0.25) is 0 Å². The van der Waals surface area contributed by atoms with E-state index in [0.717, 1.165) is 0 Å². The Morgan fingerprint density at radius 2 is 2.00 bits per heavy atom. The molecule has 0 bridgehead atoms. The molecule has 1 aromatic carbocycles. The number of carboxylic acids is 1. The summed E-state index contributed by atoms with van der Waals surface area (Å²) >= 11 is 0. The normalized spacial score (nSPS) is 10.1. The van der Waals surface area contributed by atoms with Crippen LogP contribution in [-0.4, -0.2) is 40.4 Å². The zero-order chi connectivity index (χ0) is 15.2. The maximum atomic E-state index is 11.3. The van der Waals surface area contributed by atoms with E-state index in [0.29, 0.717) is 24.6 Å². The molecule has 1 heterocycles. The molecule has 21 heavy (non-hydrogen) atoms. The van der Waals surface area contributed by atoms with Crippen LogP contribution in [0.3, 0.4) is 0 Å². The van der Waals surface area contributed by atoms with E-state index in [1.807, 2.05) is 0 Å². The molecule has 0 aliphatic carbocycles. The van der Waals surface area contributed by atoms with E-state index in [1.54, 1.807) is 36.1 Å². The van der Waals surface area contributed by atoms with Crippen molar-refractivity contribution in [1.82, 2.24) is 15.1 Å². The number of benzene rings is 1. The van der Waals surface area contributed by atoms with E-state index in [-0.39, 0.29) is 11.5 Å². The molecule has 0 aliphatic rings. The summed E-state index contributed by atoms with van der Waals surface area (Å²) in [5.41, 5.74) is 0.563. The molecule has 7 nitrogen and oxygen atoms in total. The molecule has 1 aromatic heterocycles. The molecule has 1 amide bonds. The van der Waals surface area contributed by atoms with E-state index in [9.17, 15) is 9.59 Å². The maximum absolute atomic E-state index is 11.3. The van der Waals surface area contributed by atoms with Gasteiger partial charge in [-0.2, -0.15) is 5.10 Å². The number of nitrogens with zero attached hydrogens (tertiary/aromatic N) is 2. The first-order chi connectivity index (χ1) is 10.1. The minimum Gasteiger partial charge on any atom is -0.492 e. The van der Waals surface area contributed by atoms with Crippen LogP contribution in [-0.2, 0) is 6.54 Å². The van der Waals surface area contributed by atoms with Gasteiger partial charge in [-0.1, -0.05) is 0 Å². The summed E-state index contributed by atoms with van der Waals surface area (Å²) < 4.78 is 7.09. The van der Waals surface area contributed by atoms with Crippen LogP contribution in [0.1, 0.15) is 20.8 Å². The van der Waals surface area contributed by atoms with Gasteiger partial charge < -0.3 is 15.2 Å². The lowest BCUT2D eigenvalue weighted by Gasteiger charge is -2.06. The van der Waals surface area contributed by atoms with E-state index in [1.165, 1.54) is 12.1 Å². The molecule has 110 valence electrons. The predicted molar refractivity (Wildman–Crippen MR) is 74.5 cm³/mol. The first kappa shape index (κ1) is 14.6. The van der Waals surface area contributed by atoms with Crippen LogP contribution >= 0.6 is 0 Å². The van der Waals surface area contributed by atoms with Gasteiger partial charge in [-0.25, -0.2) is 4.79 Å². The number of aromatic nitrogens is 2. The second kappa shape index (κ2) is 6.56. The molecule has 0 fully saturated rings. The molecule has 0 saturated carbocycles. The summed E-state index contributed by atoms with van der Waals surface area (Å²) in [6.07, 6.45) is 1.70. The highest BCUT2D eigenvalue weighted by Gasteiger charge is 2.07. The number of carbonyl (C=O) groups excluding carboxylic acids is 1. The van der Waals surface area contributed by atoms with Crippen molar-refractivity contribution in [1.29, 1.82) is 0 Å². The Bertz CT molecular complexity index is 634. The highest BCUT2D eigenvalue weighted by Crippen LogP contribution is 2.12. The third-order valence-corrected chi connectivity index (χ3v) is 2.79. The Kier molecular flexibility index (Phi) is 4.55. The topological polar surface area (TPSA) is 93.5 Å². The summed E-state index contributed by atoms with van der Waals surface area (Å²) in [7, 11) is 1.55. The van der Waals surface area contributed by atoms with E-state index >= 15 is 0 Å². The number of carboxylic acid groups (broad SMARTS) is 1. The number of rotatable bonds is 6. The molecule has 0 aliphatic heterocycles. The molecule has 0 spiro atoms. The van der Waals surface area contributed by atoms with Crippen molar-refractivity contribution >= 4 is 11.9 Å². The molecule has 2 rings (SSSR count). The van der Waals surface area contributed by atoms with Crippen molar-refractivity contribution in [3.8, 4) is 5.75 Å². The highest BCUT2D eigenvalue weighted by molar-refractivity contribution is 5.91. The molecule has 0 radical (unpaired) electrons. The summed E-state index contributed by atoms with van der Waals surface area (Å²) in [4.78, 5) is 22.1. The number of amides is 1. The smallest absolute Gasteiger partial charge is 0.335 e. The second-order valence-corrected chi connectivity index (χ2v) is 4.22. The SMILES string of the molecule is CNC(=O)c1ccn(CCOc2ccc(C(=O)O)cc2)n1. The largest absolute Gasteiger partial charge is 0.492 e. The fraction of sp³-hybridized carbons (Fsp3) is 0.214. The standard InChI is InChI=1S/C14H15N3O4/c1-15-13(18)12-6-7-17(16-12)8-9-21-11-4-2-10(3-5-11)14(19)20/h2-7H,8-9H2,1H3,(H,15,18)(H,19,20). The predicted octanol–water partition coefficient (Wildman–Crippen LogP) is 1.02. The number of carbonyl (C=O) groups is 2. The van der Waals surface area contributed by atoms with Gasteiger partial charge in [-0.15, -0.1) is 0 Å². The van der Waals surface area contributed by atoms with Gasteiger partial charge in [-0.3, -0.25) is 9.48 Å². The van der Waals surface area contributed by atoms with Crippen LogP contribution in [0.25, 0.3) is 0 Å². The highest BCUT2D eigenvalue weighted by atomic mass is 16.5. The third-order valence-electron chi connectivity index (χ3n) is 2.79. The molecule has 0 unspecified atom stereocenters. The summed E-state index contributed by atoms with van der Waals surface area (Å²) in [5, 5.41) is 15.4. The lowest BCUT2D eigenvalue weighted by molar-refractivity contribution is 0.0696. The van der Waals surface area contributed by atoms with Crippen LogP contribution in [0, 0.1) is 0 Å². The van der Waals surface area contributed by atoms with Crippen LogP contribution in [0.15, 0.2) is 36.5 Å². The van der Waals surface area contributed by atoms with Gasteiger partial charge in [0.25, 0.3) is 5.91 Å². The maximum Gasteiger partial charge on any atom is 0.335 e. The molecule has 2 aromatic rings. The van der Waals surface area contributed by atoms with Crippen molar-refractivity contribution in [2.24, 2.45) is 0 Å². The Labute approximate surface area is 121 Å². The van der Waals surface area contributed by atoms with Crippen LogP contribution in [0.2, 0.25) is 0 Å². The molecule has 7 heteroatoms. The molecular formula is C14H15N3O4. The average Bonchev–Trinajstić information content (AvgIpc) is 2.96. The van der Waals surface area contributed by atoms with Crippen LogP contribution in [0.4, 0.5) is 0 Å². The third kappa shape index (κ3) is 3.82. The monoisotopic (exact) mass is 289 g/mol. The van der Waals surface area contributed by atoms with Crippen molar-refractivity contribution < 1.29 is 19.4 Å². The number of ether oxygens (including phenoxy) is 1. The average molecular weight is 289 g/mol. The second-order valence-electron chi connectivity index (χ2n) is 4.22. The van der Waals surface area contributed by atoms with Crippen molar-refractivity contribution in [3.63, 3.8) is 0 Å². The number of hydrogen-bond acceptors (Lipinski definition) is 4. The van der Waals surface area contributed by atoms with E-state index in [2.05, 4.69) is 10.4 Å². The molecule has 2 N–H and O–H groups in total. The summed E-state index contributed by atoms with van der Waals surface area (Å²) in [6, 6.07) is 7.79. The quantitative estimate of drug-likeness (QED) is 0.828. The lowest BCUT2D eigenvalue weighted by Crippen LogP contribution is -2.19. The molecular weight excluding hydrogens is 274 g/mol. The van der Waals surface area contributed by atoms with Gasteiger partial charge in [-0.05, 0) is 30.3 Å². The zero-order valence-corrected chi connectivity index (χ0v) is 11.4. The molecule has 0 saturated heterocycles. The van der Waals surface area contributed by atoms with Gasteiger partial charge in [0, 0.05) is 13.2 Å². The minimum atomic E-state index is -0.972. The Balaban J connectivity index is 1.85. The van der Waals surface area contributed by atoms with E-state index in [4.69, 9.17) is 9.84 Å². The van der Waals surface area contributed by atoms with Crippen LogP contribution in [0.5, 0.6) is 5.75 Å². The van der Waals surface area contributed by atoms with Gasteiger partial charge in [0.15, 0.2) is 0 Å². The van der Waals surface area contributed by atoms with Crippen molar-refractivity contribution in [3.05, 3.63) is 47.8 Å². The number of aromatic carboxylic acids is 1. The Hall–Kier alpha value is -2.83. The van der Waals surface area contributed by atoms with Crippen molar-refractivity contribution in [2.75, 3.05) is 13.7 Å². The Morgan fingerprint density at radius 3 is 2.62 bits per heavy atom. The molecule has 0 atom stereocenters. The first-order valence-corrected chi connectivity index (χ1v) is 6.32. The summed E-state index contributed by atoms with van der Waals surface area (Å²) in [5.74, 6) is -0.627. The van der Waals surface area contributed by atoms with Crippen LogP contribution < -0.4 is 10.1 Å². The number of hydrogen-bond donors (Lipinski definition) is 2. The van der Waals surface area contributed by atoms with Gasteiger partial charge in [0.05, 0.1) is 12.1 Å². The minimum absolute atomic E-state index is 0.213.